The summed E-state index contributed by atoms with van der Waals surface area (Å²) in [6.45, 7) is 4.28. The zero-order valence-electron chi connectivity index (χ0n) is 10.2. The Morgan fingerprint density at radius 1 is 1.53 bits per heavy atom. The molecule has 0 unspecified atom stereocenters. The molecule has 0 N–H and O–H groups in total. The van der Waals surface area contributed by atoms with Crippen LogP contribution in [0.3, 0.4) is 0 Å². The van der Waals surface area contributed by atoms with Crippen molar-refractivity contribution in [1.29, 1.82) is 0 Å². The number of hydrogen-bond acceptors (Lipinski definition) is 2. The van der Waals surface area contributed by atoms with Crippen molar-refractivity contribution in [2.24, 2.45) is 0 Å². The Hall–Kier alpha value is -0.650. The van der Waals surface area contributed by atoms with E-state index in [-0.39, 0.29) is 5.91 Å². The van der Waals surface area contributed by atoms with Crippen LogP contribution in [0.1, 0.15) is 43.5 Å². The molecule has 1 fully saturated rings. The Morgan fingerprint density at radius 2 is 2.29 bits per heavy atom. The number of aromatic nitrogens is 1. The summed E-state index contributed by atoms with van der Waals surface area (Å²) in [5.74, 6) is 0.132. The monoisotopic (exact) mass is 344 g/mol. The van der Waals surface area contributed by atoms with E-state index < -0.39 is 0 Å². The van der Waals surface area contributed by atoms with Crippen molar-refractivity contribution in [3.05, 3.63) is 27.6 Å². The lowest BCUT2D eigenvalue weighted by Crippen LogP contribution is -2.39. The van der Waals surface area contributed by atoms with Crippen LogP contribution in [0.4, 0.5) is 0 Å². The summed E-state index contributed by atoms with van der Waals surface area (Å²) in [5, 5.41) is 0. The van der Waals surface area contributed by atoms with Crippen LogP contribution in [0.25, 0.3) is 0 Å². The molecular formula is C13H17IN2O. The van der Waals surface area contributed by atoms with Crippen LogP contribution in [0, 0.1) is 3.57 Å². The third-order valence-electron chi connectivity index (χ3n) is 3.44. The highest BCUT2D eigenvalue weighted by Crippen LogP contribution is 2.27. The summed E-state index contributed by atoms with van der Waals surface area (Å²) >= 11 is 2.19. The number of carbonyl (C=O) groups excluding carboxylic acids is 1. The first-order valence-electron chi connectivity index (χ1n) is 6.06. The summed E-state index contributed by atoms with van der Waals surface area (Å²) in [6.07, 6.45) is 6.71. The van der Waals surface area contributed by atoms with Crippen LogP contribution >= 0.6 is 22.6 Å². The first-order valence-corrected chi connectivity index (χ1v) is 7.14. The molecule has 0 aliphatic carbocycles. The summed E-state index contributed by atoms with van der Waals surface area (Å²) in [7, 11) is 0. The number of rotatable bonds is 2. The fourth-order valence-corrected chi connectivity index (χ4v) is 3.01. The molecule has 2 rings (SSSR count). The molecule has 1 aromatic rings. The Bertz CT molecular complexity index is 422. The van der Waals surface area contributed by atoms with E-state index in [9.17, 15) is 4.79 Å². The Morgan fingerprint density at radius 3 is 2.94 bits per heavy atom. The lowest BCUT2D eigenvalue weighted by Gasteiger charge is -2.28. The number of carbonyl (C=O) groups is 1. The molecule has 1 aromatic heterocycles. The van der Waals surface area contributed by atoms with Crippen LogP contribution in [-0.4, -0.2) is 27.9 Å². The van der Waals surface area contributed by atoms with Crippen molar-refractivity contribution in [1.82, 2.24) is 9.88 Å². The van der Waals surface area contributed by atoms with Crippen molar-refractivity contribution >= 4 is 28.5 Å². The van der Waals surface area contributed by atoms with Crippen LogP contribution in [-0.2, 0) is 0 Å². The van der Waals surface area contributed by atoms with Gasteiger partial charge < -0.3 is 4.90 Å². The predicted molar refractivity (Wildman–Crippen MR) is 75.9 cm³/mol. The minimum Gasteiger partial charge on any atom is -0.333 e. The standard InChI is InChI=1S/C13H17IN2O/c1-3-12-5-4-9(2)16(12)13(17)10-6-11(14)8-15-7-10/h6-9,12H,3-5H2,1-2H3/t9-,12-/m1/s1. The number of amides is 1. The van der Waals surface area contributed by atoms with E-state index >= 15 is 0 Å². The maximum Gasteiger partial charge on any atom is 0.255 e. The molecule has 4 heteroatoms. The summed E-state index contributed by atoms with van der Waals surface area (Å²) in [4.78, 5) is 18.6. The van der Waals surface area contributed by atoms with Gasteiger partial charge in [0, 0.05) is 28.0 Å². The van der Waals surface area contributed by atoms with Gasteiger partial charge in [0.25, 0.3) is 5.91 Å². The van der Waals surface area contributed by atoms with Gasteiger partial charge in [-0.25, -0.2) is 0 Å². The largest absolute Gasteiger partial charge is 0.333 e. The van der Waals surface area contributed by atoms with Crippen molar-refractivity contribution in [2.45, 2.75) is 45.2 Å². The van der Waals surface area contributed by atoms with Gasteiger partial charge in [-0.15, -0.1) is 0 Å². The number of likely N-dealkylation sites (tertiary alicyclic amines) is 1. The first-order chi connectivity index (χ1) is 8.13. The van der Waals surface area contributed by atoms with Crippen LogP contribution in [0.5, 0.6) is 0 Å². The first kappa shape index (κ1) is 12.8. The van der Waals surface area contributed by atoms with E-state index in [4.69, 9.17) is 0 Å². The molecule has 3 nitrogen and oxygen atoms in total. The molecule has 0 radical (unpaired) electrons. The van der Waals surface area contributed by atoms with Gasteiger partial charge in [0.1, 0.15) is 0 Å². The van der Waals surface area contributed by atoms with Crippen molar-refractivity contribution in [2.75, 3.05) is 0 Å². The van der Waals surface area contributed by atoms with E-state index in [0.29, 0.717) is 17.6 Å². The maximum absolute atomic E-state index is 12.5. The van der Waals surface area contributed by atoms with E-state index in [1.54, 1.807) is 12.4 Å². The third kappa shape index (κ3) is 2.61. The molecular weight excluding hydrogens is 327 g/mol. The van der Waals surface area contributed by atoms with Crippen molar-refractivity contribution in [3.8, 4) is 0 Å². The zero-order chi connectivity index (χ0) is 12.4. The third-order valence-corrected chi connectivity index (χ3v) is 4.03. The van der Waals surface area contributed by atoms with Gasteiger partial charge in [0.2, 0.25) is 0 Å². The molecule has 1 saturated heterocycles. The van der Waals surface area contributed by atoms with Gasteiger partial charge in [-0.3, -0.25) is 9.78 Å². The van der Waals surface area contributed by atoms with Gasteiger partial charge in [0.15, 0.2) is 0 Å². The van der Waals surface area contributed by atoms with Crippen LogP contribution < -0.4 is 0 Å². The van der Waals surface area contributed by atoms with Gasteiger partial charge in [-0.2, -0.15) is 0 Å². The molecule has 0 spiro atoms. The van der Waals surface area contributed by atoms with Crippen LogP contribution in [0.2, 0.25) is 0 Å². The van der Waals surface area contributed by atoms with Gasteiger partial charge >= 0.3 is 0 Å². The molecule has 0 bridgehead atoms. The Kier molecular flexibility index (Phi) is 4.01. The van der Waals surface area contributed by atoms with E-state index in [2.05, 4.69) is 41.4 Å². The smallest absolute Gasteiger partial charge is 0.255 e. The Balaban J connectivity index is 2.24. The summed E-state index contributed by atoms with van der Waals surface area (Å²) < 4.78 is 1.01. The number of pyridine rings is 1. The minimum absolute atomic E-state index is 0.132. The molecule has 17 heavy (non-hydrogen) atoms. The molecule has 0 saturated carbocycles. The fourth-order valence-electron chi connectivity index (χ4n) is 2.52. The number of hydrogen-bond donors (Lipinski definition) is 0. The number of nitrogens with zero attached hydrogens (tertiary/aromatic N) is 2. The minimum atomic E-state index is 0.132. The Labute approximate surface area is 116 Å². The summed E-state index contributed by atoms with van der Waals surface area (Å²) in [5.41, 5.74) is 0.712. The van der Waals surface area contributed by atoms with E-state index in [1.807, 2.05) is 11.0 Å². The van der Waals surface area contributed by atoms with Gasteiger partial charge in [-0.05, 0) is 54.8 Å². The highest BCUT2D eigenvalue weighted by molar-refractivity contribution is 14.1. The molecule has 2 heterocycles. The normalized spacial score (nSPS) is 24.1. The topological polar surface area (TPSA) is 33.2 Å². The maximum atomic E-state index is 12.5. The lowest BCUT2D eigenvalue weighted by molar-refractivity contribution is 0.0676. The second-order valence-corrected chi connectivity index (χ2v) is 5.84. The van der Waals surface area contributed by atoms with Crippen molar-refractivity contribution < 1.29 is 4.79 Å². The zero-order valence-corrected chi connectivity index (χ0v) is 12.3. The molecule has 1 aliphatic heterocycles. The van der Waals surface area contributed by atoms with Crippen molar-refractivity contribution in [3.63, 3.8) is 0 Å². The highest BCUT2D eigenvalue weighted by Gasteiger charge is 2.33. The SMILES string of the molecule is CC[C@@H]1CC[C@@H](C)N1C(=O)c1cncc(I)c1. The number of halogens is 1. The second kappa shape index (κ2) is 5.33. The fraction of sp³-hybridized carbons (Fsp3) is 0.538. The molecule has 1 aliphatic rings. The average molecular weight is 344 g/mol. The average Bonchev–Trinajstić information content (AvgIpc) is 2.69. The van der Waals surface area contributed by atoms with Gasteiger partial charge in [0.05, 0.1) is 5.56 Å². The molecule has 0 aromatic carbocycles. The highest BCUT2D eigenvalue weighted by atomic mass is 127. The van der Waals surface area contributed by atoms with E-state index in [1.165, 1.54) is 0 Å². The molecule has 1 amide bonds. The van der Waals surface area contributed by atoms with E-state index in [0.717, 1.165) is 22.8 Å². The van der Waals surface area contributed by atoms with Gasteiger partial charge in [-0.1, -0.05) is 6.92 Å². The quantitative estimate of drug-likeness (QED) is 0.773. The van der Waals surface area contributed by atoms with Crippen LogP contribution in [0.15, 0.2) is 18.5 Å². The lowest BCUT2D eigenvalue weighted by atomic mass is 10.1. The second-order valence-electron chi connectivity index (χ2n) is 4.59. The molecule has 2 atom stereocenters. The summed E-state index contributed by atoms with van der Waals surface area (Å²) in [6, 6.07) is 2.66. The molecule has 92 valence electrons. The predicted octanol–water partition coefficient (Wildman–Crippen LogP) is 3.09.